The van der Waals surface area contributed by atoms with Crippen LogP contribution in [-0.2, 0) is 0 Å². The molecule has 1 aliphatic heterocycles. The number of pyridine rings is 1. The standard InChI is InChI=1S/C17H22N2O2/c1-17(2,3)14-8-10-19(12-14)16(21)15-13(7-5-11-20)6-4-9-18-15/h4,6,9,14,20H,8,10-12H2,1-3H3. The molecule has 1 aromatic heterocycles. The van der Waals surface area contributed by atoms with E-state index in [1.165, 1.54) is 0 Å². The molecule has 0 aliphatic carbocycles. The molecular formula is C17H22N2O2. The zero-order valence-corrected chi connectivity index (χ0v) is 12.9. The van der Waals surface area contributed by atoms with Crippen LogP contribution in [0.1, 0.15) is 43.2 Å². The zero-order valence-electron chi connectivity index (χ0n) is 12.9. The normalized spacial score (nSPS) is 18.3. The molecule has 2 heterocycles. The van der Waals surface area contributed by atoms with Gasteiger partial charge in [-0.25, -0.2) is 4.98 Å². The van der Waals surface area contributed by atoms with Crippen LogP contribution in [0, 0.1) is 23.2 Å². The summed E-state index contributed by atoms with van der Waals surface area (Å²) in [6.45, 7) is 7.95. The van der Waals surface area contributed by atoms with Gasteiger partial charge in [0.1, 0.15) is 12.3 Å². The van der Waals surface area contributed by atoms with Gasteiger partial charge in [0.15, 0.2) is 0 Å². The Labute approximate surface area is 126 Å². The number of aliphatic hydroxyl groups is 1. The molecule has 0 saturated carbocycles. The molecule has 21 heavy (non-hydrogen) atoms. The first-order valence-electron chi connectivity index (χ1n) is 7.27. The van der Waals surface area contributed by atoms with Gasteiger partial charge in [-0.1, -0.05) is 32.6 Å². The molecule has 4 heteroatoms. The SMILES string of the molecule is CC(C)(C)C1CCN(C(=O)c2ncccc2C#CCO)C1. The average Bonchev–Trinajstić information content (AvgIpc) is 2.94. The van der Waals surface area contributed by atoms with E-state index < -0.39 is 0 Å². The van der Waals surface area contributed by atoms with E-state index in [4.69, 9.17) is 5.11 Å². The molecule has 112 valence electrons. The first kappa shape index (κ1) is 15.5. The Morgan fingerprint density at radius 3 is 2.90 bits per heavy atom. The van der Waals surface area contributed by atoms with Gasteiger partial charge in [-0.3, -0.25) is 4.79 Å². The lowest BCUT2D eigenvalue weighted by Gasteiger charge is -2.26. The third-order valence-corrected chi connectivity index (χ3v) is 4.01. The predicted octanol–water partition coefficient (Wildman–Crippen LogP) is 1.93. The molecular weight excluding hydrogens is 264 g/mol. The number of likely N-dealkylation sites (tertiary alicyclic amines) is 1. The topological polar surface area (TPSA) is 53.4 Å². The van der Waals surface area contributed by atoms with E-state index in [0.717, 1.165) is 19.5 Å². The summed E-state index contributed by atoms with van der Waals surface area (Å²) in [5, 5.41) is 8.80. The maximum atomic E-state index is 12.6. The van der Waals surface area contributed by atoms with Gasteiger partial charge in [-0.15, -0.1) is 0 Å². The number of amides is 1. The Balaban J connectivity index is 2.18. The number of aromatic nitrogens is 1. The van der Waals surface area contributed by atoms with Crippen molar-refractivity contribution in [3.63, 3.8) is 0 Å². The molecule has 0 aromatic carbocycles. The lowest BCUT2D eigenvalue weighted by Crippen LogP contribution is -2.32. The second-order valence-electron chi connectivity index (χ2n) is 6.46. The predicted molar refractivity (Wildman–Crippen MR) is 81.7 cm³/mol. The minimum absolute atomic E-state index is 0.0652. The Hall–Kier alpha value is -1.86. The van der Waals surface area contributed by atoms with Crippen molar-refractivity contribution < 1.29 is 9.90 Å². The van der Waals surface area contributed by atoms with Crippen molar-refractivity contribution >= 4 is 5.91 Å². The van der Waals surface area contributed by atoms with Crippen molar-refractivity contribution in [1.82, 2.24) is 9.88 Å². The number of rotatable bonds is 1. The molecule has 2 rings (SSSR count). The molecule has 1 fully saturated rings. The molecule has 0 radical (unpaired) electrons. The van der Waals surface area contributed by atoms with Gasteiger partial charge in [0, 0.05) is 19.3 Å². The maximum absolute atomic E-state index is 12.6. The van der Waals surface area contributed by atoms with E-state index in [2.05, 4.69) is 37.6 Å². The highest BCUT2D eigenvalue weighted by Crippen LogP contribution is 2.34. The molecule has 1 aromatic rings. The summed E-state index contributed by atoms with van der Waals surface area (Å²) in [6.07, 6.45) is 2.63. The van der Waals surface area contributed by atoms with Crippen molar-refractivity contribution in [2.45, 2.75) is 27.2 Å². The summed E-state index contributed by atoms with van der Waals surface area (Å²) < 4.78 is 0. The quantitative estimate of drug-likeness (QED) is 0.803. The van der Waals surface area contributed by atoms with Crippen LogP contribution in [0.3, 0.4) is 0 Å². The van der Waals surface area contributed by atoms with Gasteiger partial charge in [-0.05, 0) is 29.9 Å². The Morgan fingerprint density at radius 2 is 2.29 bits per heavy atom. The highest BCUT2D eigenvalue weighted by Gasteiger charge is 2.34. The Bertz CT molecular complexity index is 578. The third kappa shape index (κ3) is 3.62. The van der Waals surface area contributed by atoms with Gasteiger partial charge in [0.05, 0.1) is 5.56 Å². The number of carbonyl (C=O) groups excluding carboxylic acids is 1. The minimum Gasteiger partial charge on any atom is -0.384 e. The van der Waals surface area contributed by atoms with E-state index in [1.54, 1.807) is 18.3 Å². The second-order valence-corrected chi connectivity index (χ2v) is 6.46. The van der Waals surface area contributed by atoms with Crippen molar-refractivity contribution in [3.05, 3.63) is 29.6 Å². The first-order valence-corrected chi connectivity index (χ1v) is 7.27. The third-order valence-electron chi connectivity index (χ3n) is 4.01. The van der Waals surface area contributed by atoms with Crippen LogP contribution in [0.2, 0.25) is 0 Å². The van der Waals surface area contributed by atoms with Gasteiger partial charge in [-0.2, -0.15) is 0 Å². The molecule has 1 aliphatic rings. The number of aliphatic hydroxyl groups excluding tert-OH is 1. The van der Waals surface area contributed by atoms with Crippen molar-refractivity contribution in [2.75, 3.05) is 19.7 Å². The number of hydrogen-bond donors (Lipinski definition) is 1. The van der Waals surface area contributed by atoms with Crippen LogP contribution < -0.4 is 0 Å². The van der Waals surface area contributed by atoms with Crippen LogP contribution in [0.25, 0.3) is 0 Å². The van der Waals surface area contributed by atoms with Gasteiger partial charge in [0.25, 0.3) is 5.91 Å². The fourth-order valence-corrected chi connectivity index (χ4v) is 2.61. The highest BCUT2D eigenvalue weighted by molar-refractivity contribution is 5.95. The average molecular weight is 286 g/mol. The van der Waals surface area contributed by atoms with E-state index in [-0.39, 0.29) is 17.9 Å². The lowest BCUT2D eigenvalue weighted by atomic mass is 9.80. The fourth-order valence-electron chi connectivity index (χ4n) is 2.61. The number of carbonyl (C=O) groups is 1. The number of hydrogen-bond acceptors (Lipinski definition) is 3. The van der Waals surface area contributed by atoms with Crippen molar-refractivity contribution in [3.8, 4) is 11.8 Å². The molecule has 1 N–H and O–H groups in total. The first-order chi connectivity index (χ1) is 9.93. The van der Waals surface area contributed by atoms with E-state index in [1.807, 2.05) is 4.90 Å². The smallest absolute Gasteiger partial charge is 0.273 e. The summed E-state index contributed by atoms with van der Waals surface area (Å²) in [4.78, 5) is 18.7. The second kappa shape index (κ2) is 6.28. The minimum atomic E-state index is -0.224. The zero-order chi connectivity index (χ0) is 15.5. The van der Waals surface area contributed by atoms with Crippen LogP contribution in [-0.4, -0.2) is 40.6 Å². The van der Waals surface area contributed by atoms with Gasteiger partial charge < -0.3 is 10.0 Å². The lowest BCUT2D eigenvalue weighted by molar-refractivity contribution is 0.0770. The maximum Gasteiger partial charge on any atom is 0.273 e. The van der Waals surface area contributed by atoms with Crippen LogP contribution in [0.5, 0.6) is 0 Å². The molecule has 4 nitrogen and oxygen atoms in total. The van der Waals surface area contributed by atoms with Crippen molar-refractivity contribution in [2.24, 2.45) is 11.3 Å². The fraction of sp³-hybridized carbons (Fsp3) is 0.529. The molecule has 0 bridgehead atoms. The molecule has 1 amide bonds. The van der Waals surface area contributed by atoms with E-state index >= 15 is 0 Å². The monoisotopic (exact) mass is 286 g/mol. The van der Waals surface area contributed by atoms with Gasteiger partial charge in [0.2, 0.25) is 0 Å². The summed E-state index contributed by atoms with van der Waals surface area (Å²) >= 11 is 0. The van der Waals surface area contributed by atoms with Crippen LogP contribution in [0.15, 0.2) is 18.3 Å². The Morgan fingerprint density at radius 1 is 1.52 bits per heavy atom. The molecule has 1 saturated heterocycles. The molecule has 0 spiro atoms. The van der Waals surface area contributed by atoms with Crippen LogP contribution >= 0.6 is 0 Å². The summed E-state index contributed by atoms with van der Waals surface area (Å²) in [5.74, 6) is 5.82. The summed E-state index contributed by atoms with van der Waals surface area (Å²) in [7, 11) is 0. The van der Waals surface area contributed by atoms with Crippen LogP contribution in [0.4, 0.5) is 0 Å². The number of nitrogens with zero attached hydrogens (tertiary/aromatic N) is 2. The largest absolute Gasteiger partial charge is 0.384 e. The molecule has 1 unspecified atom stereocenters. The van der Waals surface area contributed by atoms with E-state index in [0.29, 0.717) is 17.2 Å². The summed E-state index contributed by atoms with van der Waals surface area (Å²) in [6, 6.07) is 3.51. The Kier molecular flexibility index (Phi) is 4.64. The van der Waals surface area contributed by atoms with Crippen molar-refractivity contribution in [1.29, 1.82) is 0 Å². The highest BCUT2D eigenvalue weighted by atomic mass is 16.2. The van der Waals surface area contributed by atoms with E-state index in [9.17, 15) is 4.79 Å². The molecule has 1 atom stereocenters. The van der Waals surface area contributed by atoms with Gasteiger partial charge >= 0.3 is 0 Å². The summed E-state index contributed by atoms with van der Waals surface area (Å²) in [5.41, 5.74) is 1.17.